The summed E-state index contributed by atoms with van der Waals surface area (Å²) in [7, 11) is 1.27. The molecular weight excluding hydrogens is 450 g/mol. The number of aliphatic imine (C=N–C) groups is 1. The molecule has 178 valence electrons. The second-order valence-electron chi connectivity index (χ2n) is 7.14. The van der Waals surface area contributed by atoms with Gasteiger partial charge in [-0.05, 0) is 36.4 Å². The largest absolute Gasteiger partial charge is 0.465 e. The van der Waals surface area contributed by atoms with Gasteiger partial charge in [0.25, 0.3) is 6.43 Å². The summed E-state index contributed by atoms with van der Waals surface area (Å²) in [6.45, 7) is 1.96. The number of amidine groups is 1. The van der Waals surface area contributed by atoms with Crippen LogP contribution >= 0.6 is 0 Å². The number of morpholine rings is 1. The second kappa shape index (κ2) is 10.3. The molecule has 3 aromatic rings. The van der Waals surface area contributed by atoms with E-state index in [9.17, 15) is 13.6 Å². The van der Waals surface area contributed by atoms with Gasteiger partial charge in [-0.15, -0.1) is 5.10 Å². The number of hydrogen-bond donors (Lipinski definition) is 1. The highest BCUT2D eigenvalue weighted by Crippen LogP contribution is 2.24. The van der Waals surface area contributed by atoms with Crippen LogP contribution < -0.4 is 10.5 Å². The molecule has 10 nitrogen and oxygen atoms in total. The van der Waals surface area contributed by atoms with E-state index in [1.54, 1.807) is 29.2 Å². The summed E-state index contributed by atoms with van der Waals surface area (Å²) < 4.78 is 44.2. The number of methoxy groups -OCH3 is 1. The van der Waals surface area contributed by atoms with Crippen LogP contribution in [0.2, 0.25) is 0 Å². The minimum absolute atomic E-state index is 0.0937. The monoisotopic (exact) mass is 472 g/mol. The average molecular weight is 472 g/mol. The molecule has 0 aliphatic carbocycles. The van der Waals surface area contributed by atoms with Gasteiger partial charge in [-0.25, -0.2) is 23.2 Å². The van der Waals surface area contributed by atoms with Crippen LogP contribution in [-0.4, -0.2) is 65.9 Å². The molecule has 0 atom stereocenters. The number of para-hydroxylation sites is 2. The Hall–Kier alpha value is -4.06. The Morgan fingerprint density at radius 3 is 2.53 bits per heavy atom. The van der Waals surface area contributed by atoms with Gasteiger partial charge in [0.05, 0.1) is 36.9 Å². The summed E-state index contributed by atoms with van der Waals surface area (Å²) in [6, 6.07) is 12.3. The lowest BCUT2D eigenvalue weighted by Gasteiger charge is -2.27. The number of guanidine groups is 1. The first-order valence-corrected chi connectivity index (χ1v) is 10.3. The highest BCUT2D eigenvalue weighted by atomic mass is 19.3. The van der Waals surface area contributed by atoms with E-state index in [1.165, 1.54) is 31.4 Å². The van der Waals surface area contributed by atoms with Gasteiger partial charge in [-0.3, -0.25) is 0 Å². The third kappa shape index (κ3) is 5.12. The molecule has 0 unspecified atom stereocenters. The Balaban J connectivity index is 1.75. The number of aromatic nitrogens is 2. The molecule has 0 radical (unpaired) electrons. The number of fused-ring (bicyclic) bond motifs is 1. The van der Waals surface area contributed by atoms with Crippen molar-refractivity contribution in [2.45, 2.75) is 6.43 Å². The Kier molecular flexibility index (Phi) is 6.97. The Bertz CT molecular complexity index is 1220. The van der Waals surface area contributed by atoms with Crippen LogP contribution in [0, 0.1) is 0 Å². The number of rotatable bonds is 4. The number of nitrogens with two attached hydrogens (primary N) is 1. The van der Waals surface area contributed by atoms with Crippen LogP contribution in [0.15, 0.2) is 58.6 Å². The van der Waals surface area contributed by atoms with Crippen LogP contribution in [0.3, 0.4) is 0 Å². The highest BCUT2D eigenvalue weighted by molar-refractivity contribution is 5.93. The van der Waals surface area contributed by atoms with E-state index < -0.39 is 18.2 Å². The lowest BCUT2D eigenvalue weighted by molar-refractivity contribution is 0.0600. The van der Waals surface area contributed by atoms with Crippen molar-refractivity contribution in [1.29, 1.82) is 0 Å². The quantitative estimate of drug-likeness (QED) is 0.352. The molecule has 12 heteroatoms. The van der Waals surface area contributed by atoms with Crippen LogP contribution in [-0.2, 0) is 9.47 Å². The zero-order valence-corrected chi connectivity index (χ0v) is 18.2. The number of hydrogen-bond acceptors (Lipinski definition) is 6. The van der Waals surface area contributed by atoms with Crippen molar-refractivity contribution in [3.8, 4) is 5.75 Å². The maximum absolute atomic E-state index is 13.7. The average Bonchev–Trinajstić information content (AvgIpc) is 3.23. The number of halogens is 2. The fourth-order valence-electron chi connectivity index (χ4n) is 3.27. The lowest BCUT2D eigenvalue weighted by atomic mass is 10.2. The Morgan fingerprint density at radius 1 is 1.15 bits per heavy atom. The first-order chi connectivity index (χ1) is 16.5. The van der Waals surface area contributed by atoms with Crippen LogP contribution in [0.25, 0.3) is 11.0 Å². The van der Waals surface area contributed by atoms with E-state index in [2.05, 4.69) is 19.8 Å². The van der Waals surface area contributed by atoms with E-state index in [0.29, 0.717) is 42.9 Å². The van der Waals surface area contributed by atoms with Crippen molar-refractivity contribution in [1.82, 2.24) is 14.6 Å². The van der Waals surface area contributed by atoms with E-state index in [-0.39, 0.29) is 17.7 Å². The molecule has 1 fully saturated rings. The Labute approximate surface area is 193 Å². The summed E-state index contributed by atoms with van der Waals surface area (Å²) in [4.78, 5) is 21.7. The van der Waals surface area contributed by atoms with Gasteiger partial charge in [0.2, 0.25) is 5.96 Å². The van der Waals surface area contributed by atoms with E-state index >= 15 is 0 Å². The standard InChI is InChI=1S/C22H22F2N6O4/c1-32-20(31)14-6-8-15(9-7-14)34-22(27-21(25)29-10-12-33-13-11-29)28-30-17-5-3-2-4-16(17)26-19(30)18(23)24/h2-9,18H,10-13H2,1H3,(H2,25,27,28). The molecular formula is C22H22F2N6O4. The molecule has 0 saturated carbocycles. The maximum atomic E-state index is 13.7. The fourth-order valence-corrected chi connectivity index (χ4v) is 3.27. The van der Waals surface area contributed by atoms with Gasteiger partial charge >= 0.3 is 12.0 Å². The van der Waals surface area contributed by atoms with Crippen molar-refractivity contribution in [2.75, 3.05) is 33.4 Å². The van der Waals surface area contributed by atoms with Crippen LogP contribution in [0.1, 0.15) is 22.6 Å². The molecule has 2 aromatic carbocycles. The van der Waals surface area contributed by atoms with E-state index in [0.717, 1.165) is 4.68 Å². The van der Waals surface area contributed by atoms with Crippen molar-refractivity contribution in [2.24, 2.45) is 15.8 Å². The molecule has 1 aromatic heterocycles. The van der Waals surface area contributed by atoms with Crippen molar-refractivity contribution < 1.29 is 27.8 Å². The number of nitrogens with zero attached hydrogens (tertiary/aromatic N) is 5. The van der Waals surface area contributed by atoms with Gasteiger partial charge in [0.15, 0.2) is 5.82 Å². The molecule has 2 N–H and O–H groups in total. The SMILES string of the molecule is COC(=O)c1ccc(OC(=Nn2c(C(F)F)nc3ccccc32)N=C(N)N2CCOCC2)cc1. The topological polar surface area (TPSA) is 117 Å². The first kappa shape index (κ1) is 23.1. The third-order valence-corrected chi connectivity index (χ3v) is 4.97. The van der Waals surface area contributed by atoms with Crippen molar-refractivity contribution >= 4 is 29.0 Å². The fraction of sp³-hybridized carbons (Fsp3) is 0.273. The predicted octanol–water partition coefficient (Wildman–Crippen LogP) is 2.61. The summed E-state index contributed by atoms with van der Waals surface area (Å²) in [5.74, 6) is -0.728. The van der Waals surface area contributed by atoms with Crippen LogP contribution in [0.5, 0.6) is 5.75 Å². The highest BCUT2D eigenvalue weighted by Gasteiger charge is 2.21. The molecule has 0 bridgehead atoms. The molecule has 2 heterocycles. The Morgan fingerprint density at radius 2 is 1.85 bits per heavy atom. The number of carbonyl (C=O) groups excluding carboxylic acids is 1. The summed E-state index contributed by atoms with van der Waals surface area (Å²) >= 11 is 0. The summed E-state index contributed by atoms with van der Waals surface area (Å²) in [5, 5.41) is 4.22. The smallest absolute Gasteiger partial charge is 0.343 e. The normalized spacial score (nSPS) is 15.1. The van der Waals surface area contributed by atoms with E-state index in [1.807, 2.05) is 0 Å². The number of imidazole rings is 1. The zero-order valence-electron chi connectivity index (χ0n) is 18.2. The summed E-state index contributed by atoms with van der Waals surface area (Å²) in [6.07, 6.45) is -2.89. The van der Waals surface area contributed by atoms with Crippen molar-refractivity contribution in [3.63, 3.8) is 0 Å². The van der Waals surface area contributed by atoms with E-state index in [4.69, 9.17) is 15.2 Å². The van der Waals surface area contributed by atoms with Crippen molar-refractivity contribution in [3.05, 3.63) is 59.9 Å². The number of esters is 1. The molecule has 4 rings (SSSR count). The zero-order chi connectivity index (χ0) is 24.1. The molecule has 0 amide bonds. The van der Waals surface area contributed by atoms with Gasteiger partial charge in [-0.1, -0.05) is 12.1 Å². The molecule has 0 spiro atoms. The maximum Gasteiger partial charge on any atom is 0.343 e. The lowest BCUT2D eigenvalue weighted by Crippen LogP contribution is -2.45. The summed E-state index contributed by atoms with van der Waals surface area (Å²) in [5.41, 5.74) is 7.15. The molecule has 34 heavy (non-hydrogen) atoms. The predicted molar refractivity (Wildman–Crippen MR) is 120 cm³/mol. The second-order valence-corrected chi connectivity index (χ2v) is 7.14. The van der Waals surface area contributed by atoms with Crippen LogP contribution in [0.4, 0.5) is 8.78 Å². The van der Waals surface area contributed by atoms with Gasteiger partial charge in [0.1, 0.15) is 5.75 Å². The van der Waals surface area contributed by atoms with Gasteiger partial charge in [0, 0.05) is 13.1 Å². The molecule has 1 aliphatic rings. The minimum atomic E-state index is -2.89. The van der Waals surface area contributed by atoms with Gasteiger partial charge < -0.3 is 24.8 Å². The number of carbonyl (C=O) groups is 1. The molecule has 1 saturated heterocycles. The molecule has 1 aliphatic heterocycles. The third-order valence-electron chi connectivity index (χ3n) is 4.97. The van der Waals surface area contributed by atoms with Gasteiger partial charge in [-0.2, -0.15) is 4.99 Å². The minimum Gasteiger partial charge on any atom is -0.465 e. The number of alkyl halides is 2. The number of benzene rings is 2. The first-order valence-electron chi connectivity index (χ1n) is 10.3. The number of ether oxygens (including phenoxy) is 3.